The lowest BCUT2D eigenvalue weighted by Gasteiger charge is -2.34. The van der Waals surface area contributed by atoms with E-state index >= 15 is 0 Å². The number of carbonyl (C=O) groups excluding carboxylic acids is 1. The van der Waals surface area contributed by atoms with Gasteiger partial charge in [0.15, 0.2) is 0 Å². The van der Waals surface area contributed by atoms with E-state index in [0.29, 0.717) is 30.9 Å². The van der Waals surface area contributed by atoms with Gasteiger partial charge in [0.1, 0.15) is 11.4 Å². The van der Waals surface area contributed by atoms with Crippen molar-refractivity contribution in [3.63, 3.8) is 0 Å². The number of nitrogens with zero attached hydrogens (tertiary/aromatic N) is 3. The molecule has 144 valence electrons. The molecule has 3 rings (SSSR count). The van der Waals surface area contributed by atoms with Gasteiger partial charge in [-0.25, -0.2) is 4.98 Å². The van der Waals surface area contributed by atoms with Crippen molar-refractivity contribution in [1.82, 2.24) is 19.8 Å². The Kier molecular flexibility index (Phi) is 5.80. The van der Waals surface area contributed by atoms with E-state index in [-0.39, 0.29) is 22.9 Å². The summed E-state index contributed by atoms with van der Waals surface area (Å²) in [5.74, 6) is 1.88. The van der Waals surface area contributed by atoms with E-state index < -0.39 is 0 Å². The van der Waals surface area contributed by atoms with Gasteiger partial charge in [-0.15, -0.1) is 0 Å². The van der Waals surface area contributed by atoms with Crippen LogP contribution in [0.15, 0.2) is 11.0 Å². The van der Waals surface area contributed by atoms with Gasteiger partial charge < -0.3 is 9.88 Å². The Balaban J connectivity index is 1.77. The van der Waals surface area contributed by atoms with Crippen molar-refractivity contribution < 1.29 is 4.79 Å². The molecule has 26 heavy (non-hydrogen) atoms. The molecule has 0 bridgehead atoms. The Bertz CT molecular complexity index is 693. The molecule has 1 saturated heterocycles. The van der Waals surface area contributed by atoms with Gasteiger partial charge in [0, 0.05) is 44.3 Å². The van der Waals surface area contributed by atoms with Crippen LogP contribution in [0.25, 0.3) is 0 Å². The highest BCUT2D eigenvalue weighted by Gasteiger charge is 2.34. The van der Waals surface area contributed by atoms with E-state index in [9.17, 15) is 9.59 Å². The summed E-state index contributed by atoms with van der Waals surface area (Å²) in [6.45, 7) is 12.0. The van der Waals surface area contributed by atoms with Crippen molar-refractivity contribution in [3.8, 4) is 0 Å². The van der Waals surface area contributed by atoms with Crippen molar-refractivity contribution in [2.45, 2.75) is 58.9 Å². The minimum atomic E-state index is -0.325. The average molecular weight is 361 g/mol. The Morgan fingerprint density at radius 1 is 1.27 bits per heavy atom. The van der Waals surface area contributed by atoms with Crippen LogP contribution in [0.3, 0.4) is 0 Å². The molecule has 1 aliphatic carbocycles. The number of hydrogen-bond acceptors (Lipinski definition) is 4. The molecule has 1 atom stereocenters. The molecular formula is C20H32N4O2. The number of aromatic nitrogens is 2. The van der Waals surface area contributed by atoms with Gasteiger partial charge >= 0.3 is 0 Å². The summed E-state index contributed by atoms with van der Waals surface area (Å²) in [7, 11) is 0. The molecule has 1 aromatic heterocycles. The third kappa shape index (κ3) is 4.34. The topological polar surface area (TPSA) is 69.3 Å². The number of rotatable bonds is 5. The van der Waals surface area contributed by atoms with E-state index in [1.165, 1.54) is 19.0 Å². The largest absolute Gasteiger partial charge is 0.337 e. The first kappa shape index (κ1) is 19.1. The molecule has 2 heterocycles. The molecule has 2 fully saturated rings. The number of carbonyl (C=O) groups is 1. The smallest absolute Gasteiger partial charge is 0.263 e. The van der Waals surface area contributed by atoms with Crippen LogP contribution in [0, 0.1) is 11.8 Å². The lowest BCUT2D eigenvalue weighted by atomic mass is 10.0. The predicted octanol–water partition coefficient (Wildman–Crippen LogP) is 2.48. The summed E-state index contributed by atoms with van der Waals surface area (Å²) in [6.07, 6.45) is 5.09. The second-order valence-electron chi connectivity index (χ2n) is 8.52. The van der Waals surface area contributed by atoms with Crippen LogP contribution in [0.5, 0.6) is 0 Å². The maximum Gasteiger partial charge on any atom is 0.263 e. The number of amides is 1. The SMILES string of the molecule is CC(C)c1ncc(C(=O)N2CCCN(CC3CC3)C(C(C)C)C2)c(=O)[nH]1. The standard InChI is InChI=1S/C20H32N4O2/c1-13(2)17-12-24(9-5-8-23(17)11-15-6-7-15)20(26)16-10-21-18(14(3)4)22-19(16)25/h10,13-15,17H,5-9,11-12H2,1-4H3,(H,21,22,25). The third-order valence-electron chi connectivity index (χ3n) is 5.59. The summed E-state index contributed by atoms with van der Waals surface area (Å²) >= 11 is 0. The van der Waals surface area contributed by atoms with Gasteiger partial charge in [0.05, 0.1) is 0 Å². The summed E-state index contributed by atoms with van der Waals surface area (Å²) in [5.41, 5.74) is -0.165. The zero-order valence-electron chi connectivity index (χ0n) is 16.5. The van der Waals surface area contributed by atoms with Crippen LogP contribution in [-0.4, -0.2) is 57.9 Å². The van der Waals surface area contributed by atoms with Crippen molar-refractivity contribution in [1.29, 1.82) is 0 Å². The van der Waals surface area contributed by atoms with Gasteiger partial charge in [-0.3, -0.25) is 14.5 Å². The zero-order valence-corrected chi connectivity index (χ0v) is 16.5. The monoisotopic (exact) mass is 360 g/mol. The molecule has 0 radical (unpaired) electrons. The summed E-state index contributed by atoms with van der Waals surface area (Å²) in [5, 5.41) is 0. The first-order chi connectivity index (χ1) is 12.4. The van der Waals surface area contributed by atoms with Gasteiger partial charge in [-0.1, -0.05) is 27.7 Å². The lowest BCUT2D eigenvalue weighted by Crippen LogP contribution is -2.47. The molecule has 1 unspecified atom stereocenters. The highest BCUT2D eigenvalue weighted by molar-refractivity contribution is 5.93. The molecule has 1 amide bonds. The molecule has 2 aliphatic rings. The van der Waals surface area contributed by atoms with Crippen molar-refractivity contribution >= 4 is 5.91 Å². The molecule has 1 N–H and O–H groups in total. The minimum absolute atomic E-state index is 0.131. The number of H-pyrrole nitrogens is 1. The first-order valence-corrected chi connectivity index (χ1v) is 9.99. The fourth-order valence-electron chi connectivity index (χ4n) is 3.76. The fourth-order valence-corrected chi connectivity index (χ4v) is 3.76. The zero-order chi connectivity index (χ0) is 18.8. The first-order valence-electron chi connectivity index (χ1n) is 9.99. The Labute approximate surface area is 156 Å². The number of hydrogen-bond donors (Lipinski definition) is 1. The van der Waals surface area contributed by atoms with Crippen LogP contribution >= 0.6 is 0 Å². The fraction of sp³-hybridized carbons (Fsp3) is 0.750. The maximum atomic E-state index is 13.0. The minimum Gasteiger partial charge on any atom is -0.337 e. The summed E-state index contributed by atoms with van der Waals surface area (Å²) < 4.78 is 0. The van der Waals surface area contributed by atoms with Crippen LogP contribution in [0.4, 0.5) is 0 Å². The Morgan fingerprint density at radius 3 is 2.58 bits per heavy atom. The van der Waals surface area contributed by atoms with Gasteiger partial charge in [-0.2, -0.15) is 0 Å². The maximum absolute atomic E-state index is 13.0. The normalized spacial score (nSPS) is 22.1. The second kappa shape index (κ2) is 7.91. The van der Waals surface area contributed by atoms with Crippen LogP contribution in [0.1, 0.15) is 69.1 Å². The lowest BCUT2D eigenvalue weighted by molar-refractivity contribution is 0.0702. The van der Waals surface area contributed by atoms with Crippen LogP contribution in [0.2, 0.25) is 0 Å². The third-order valence-corrected chi connectivity index (χ3v) is 5.59. The molecule has 1 aromatic rings. The molecule has 1 saturated carbocycles. The quantitative estimate of drug-likeness (QED) is 0.876. The predicted molar refractivity (Wildman–Crippen MR) is 102 cm³/mol. The van der Waals surface area contributed by atoms with Crippen molar-refractivity contribution in [2.75, 3.05) is 26.2 Å². The van der Waals surface area contributed by atoms with Crippen LogP contribution in [-0.2, 0) is 0 Å². The Morgan fingerprint density at radius 2 is 2.00 bits per heavy atom. The van der Waals surface area contributed by atoms with E-state index in [4.69, 9.17) is 0 Å². The Hall–Kier alpha value is -1.69. The van der Waals surface area contributed by atoms with Gasteiger partial charge in [0.25, 0.3) is 11.5 Å². The number of nitrogens with one attached hydrogen (secondary N) is 1. The molecular weight excluding hydrogens is 328 g/mol. The second-order valence-corrected chi connectivity index (χ2v) is 8.52. The van der Waals surface area contributed by atoms with Crippen LogP contribution < -0.4 is 5.56 Å². The molecule has 6 heteroatoms. The summed E-state index contributed by atoms with van der Waals surface area (Å²) in [6, 6.07) is 0.351. The molecule has 6 nitrogen and oxygen atoms in total. The molecule has 0 aromatic carbocycles. The van der Waals surface area contributed by atoms with E-state index in [1.54, 1.807) is 0 Å². The summed E-state index contributed by atoms with van der Waals surface area (Å²) in [4.78, 5) is 36.9. The molecule has 0 spiro atoms. The highest BCUT2D eigenvalue weighted by atomic mass is 16.2. The van der Waals surface area contributed by atoms with Gasteiger partial charge in [0.2, 0.25) is 0 Å². The van der Waals surface area contributed by atoms with E-state index in [0.717, 1.165) is 25.4 Å². The number of aromatic amines is 1. The van der Waals surface area contributed by atoms with Crippen molar-refractivity contribution in [2.24, 2.45) is 11.8 Å². The molecule has 1 aliphatic heterocycles. The van der Waals surface area contributed by atoms with Gasteiger partial charge in [-0.05, 0) is 31.1 Å². The van der Waals surface area contributed by atoms with E-state index in [1.807, 2.05) is 18.7 Å². The van der Waals surface area contributed by atoms with Crippen molar-refractivity contribution in [3.05, 3.63) is 27.9 Å². The highest BCUT2D eigenvalue weighted by Crippen LogP contribution is 2.32. The average Bonchev–Trinajstić information content (AvgIpc) is 3.41. The van der Waals surface area contributed by atoms with E-state index in [2.05, 4.69) is 28.7 Å².